The number of nitrogens with zero attached hydrogens (tertiary/aromatic N) is 1. The van der Waals surface area contributed by atoms with Crippen LogP contribution in [-0.4, -0.2) is 54.5 Å². The number of ether oxygens (including phenoxy) is 3. The van der Waals surface area contributed by atoms with Gasteiger partial charge in [0, 0.05) is 12.8 Å². The molecular weight excluding hydrogens is 495 g/mol. The van der Waals surface area contributed by atoms with E-state index in [-0.39, 0.29) is 29.0 Å². The number of alkyl halides is 3. The molecule has 2 unspecified atom stereocenters. The molecule has 0 spiro atoms. The van der Waals surface area contributed by atoms with E-state index < -0.39 is 35.9 Å². The van der Waals surface area contributed by atoms with Gasteiger partial charge in [-0.05, 0) is 56.6 Å². The smallest absolute Gasteiger partial charge is 0.417 e. The number of pyridine rings is 1. The molecule has 3 N–H and O–H groups in total. The van der Waals surface area contributed by atoms with Crippen molar-refractivity contribution in [1.29, 1.82) is 0 Å². The Morgan fingerprint density at radius 2 is 1.83 bits per heavy atom. The summed E-state index contributed by atoms with van der Waals surface area (Å²) in [6, 6.07) is 6.57. The van der Waals surface area contributed by atoms with Gasteiger partial charge in [-0.3, -0.25) is 10.1 Å². The van der Waals surface area contributed by atoms with E-state index in [1.165, 1.54) is 38.3 Å². The molecule has 1 amide bonds. The lowest BCUT2D eigenvalue weighted by atomic mass is 10.3. The van der Waals surface area contributed by atoms with Crippen LogP contribution >= 0.6 is 11.6 Å². The van der Waals surface area contributed by atoms with Crippen molar-refractivity contribution in [2.24, 2.45) is 0 Å². The maximum absolute atomic E-state index is 12.7. The number of rotatable bonds is 12. The second-order valence-corrected chi connectivity index (χ2v) is 7.60. The number of amides is 1. The quantitative estimate of drug-likeness (QED) is 0.222. The molecule has 1 aromatic heterocycles. The fourth-order valence-electron chi connectivity index (χ4n) is 2.66. The van der Waals surface area contributed by atoms with E-state index >= 15 is 0 Å². The zero-order valence-electron chi connectivity index (χ0n) is 18.9. The number of nitrogens with one attached hydrogen (secondary N) is 2. The highest BCUT2D eigenvalue weighted by Gasteiger charge is 2.32. The standard InChI is InChI=1S/C22H25ClF3N3O6/c1-13(19(31)29-18(21(32)33-2)27-9-3-4-10-30)34-15-5-7-16(8-6-15)35-20-17(23)11-14(12-28-20)22(24,25)26/h5-8,11-13,18,27,30H,3-4,9-10H2,1-2H3,(H,29,31). The first kappa shape index (κ1) is 28.1. The maximum Gasteiger partial charge on any atom is 0.417 e. The summed E-state index contributed by atoms with van der Waals surface area (Å²) < 4.78 is 53.8. The Hall–Kier alpha value is -3.09. The van der Waals surface area contributed by atoms with Gasteiger partial charge < -0.3 is 24.6 Å². The molecule has 2 rings (SSSR count). The van der Waals surface area contributed by atoms with Gasteiger partial charge in [0.15, 0.2) is 12.3 Å². The lowest BCUT2D eigenvalue weighted by molar-refractivity contribution is -0.147. The monoisotopic (exact) mass is 519 g/mol. The zero-order valence-corrected chi connectivity index (χ0v) is 19.7. The SMILES string of the molecule is COC(=O)C(NCCCCO)NC(=O)C(C)Oc1ccc(Oc2ncc(C(F)(F)F)cc2Cl)cc1. The minimum Gasteiger partial charge on any atom is -0.481 e. The third-order valence-electron chi connectivity index (χ3n) is 4.51. The summed E-state index contributed by atoms with van der Waals surface area (Å²) in [5, 5.41) is 13.8. The average molecular weight is 520 g/mol. The Morgan fingerprint density at radius 3 is 2.40 bits per heavy atom. The number of aliphatic hydroxyl groups excluding tert-OH is 1. The lowest BCUT2D eigenvalue weighted by Gasteiger charge is -2.21. The van der Waals surface area contributed by atoms with Crippen LogP contribution in [0, 0.1) is 0 Å². The number of aliphatic hydroxyl groups is 1. The van der Waals surface area contributed by atoms with Gasteiger partial charge in [0.25, 0.3) is 5.91 Å². The van der Waals surface area contributed by atoms with Crippen LogP contribution in [0.1, 0.15) is 25.3 Å². The molecular formula is C22H25ClF3N3O6. The van der Waals surface area contributed by atoms with Crippen LogP contribution in [0.2, 0.25) is 5.02 Å². The van der Waals surface area contributed by atoms with Gasteiger partial charge in [0.1, 0.15) is 16.5 Å². The summed E-state index contributed by atoms with van der Waals surface area (Å²) in [4.78, 5) is 28.0. The van der Waals surface area contributed by atoms with Gasteiger partial charge in [0.05, 0.1) is 12.7 Å². The third kappa shape index (κ3) is 8.89. The van der Waals surface area contributed by atoms with Crippen molar-refractivity contribution in [3.8, 4) is 17.4 Å². The lowest BCUT2D eigenvalue weighted by Crippen LogP contribution is -2.54. The summed E-state index contributed by atoms with van der Waals surface area (Å²) in [7, 11) is 1.19. The van der Waals surface area contributed by atoms with Crippen LogP contribution in [0.3, 0.4) is 0 Å². The number of unbranched alkanes of at least 4 members (excludes halogenated alkanes) is 1. The summed E-state index contributed by atoms with van der Waals surface area (Å²) in [6.07, 6.45) is -4.91. The molecule has 192 valence electrons. The Labute approximate surface area is 204 Å². The molecule has 0 fully saturated rings. The predicted octanol–water partition coefficient (Wildman–Crippen LogP) is 3.29. The number of aromatic nitrogens is 1. The normalized spacial score (nSPS) is 13.0. The Morgan fingerprint density at radius 1 is 1.17 bits per heavy atom. The average Bonchev–Trinajstić information content (AvgIpc) is 2.82. The Kier molecular flexibility index (Phi) is 10.6. The molecule has 0 aliphatic rings. The highest BCUT2D eigenvalue weighted by Crippen LogP contribution is 2.34. The van der Waals surface area contributed by atoms with E-state index in [2.05, 4.69) is 20.4 Å². The fourth-order valence-corrected chi connectivity index (χ4v) is 2.87. The fraction of sp³-hybridized carbons (Fsp3) is 0.409. The van der Waals surface area contributed by atoms with Crippen molar-refractivity contribution >= 4 is 23.5 Å². The van der Waals surface area contributed by atoms with Crippen LogP contribution < -0.4 is 20.1 Å². The number of hydrogen-bond donors (Lipinski definition) is 3. The van der Waals surface area contributed by atoms with Crippen molar-refractivity contribution in [2.45, 2.75) is 38.2 Å². The van der Waals surface area contributed by atoms with Crippen LogP contribution in [0.25, 0.3) is 0 Å². The maximum atomic E-state index is 12.7. The highest BCUT2D eigenvalue weighted by molar-refractivity contribution is 6.31. The number of hydrogen-bond acceptors (Lipinski definition) is 8. The van der Waals surface area contributed by atoms with Crippen molar-refractivity contribution < 1.29 is 42.1 Å². The summed E-state index contributed by atoms with van der Waals surface area (Å²) in [5.74, 6) is -0.970. The summed E-state index contributed by atoms with van der Waals surface area (Å²) in [6.45, 7) is 1.86. The molecule has 2 aromatic rings. The van der Waals surface area contributed by atoms with E-state index in [1.807, 2.05) is 0 Å². The van der Waals surface area contributed by atoms with Crippen LogP contribution in [-0.2, 0) is 20.5 Å². The molecule has 0 aliphatic heterocycles. The molecule has 0 saturated carbocycles. The molecule has 0 radical (unpaired) electrons. The van der Waals surface area contributed by atoms with E-state index in [0.717, 1.165) is 0 Å². The van der Waals surface area contributed by atoms with Crippen LogP contribution in [0.5, 0.6) is 17.4 Å². The third-order valence-corrected chi connectivity index (χ3v) is 4.78. The van der Waals surface area contributed by atoms with Crippen molar-refractivity contribution in [3.63, 3.8) is 0 Å². The first-order valence-electron chi connectivity index (χ1n) is 10.4. The van der Waals surface area contributed by atoms with Gasteiger partial charge >= 0.3 is 12.1 Å². The number of halogens is 4. The Bertz CT molecular complexity index is 991. The Balaban J connectivity index is 1.95. The van der Waals surface area contributed by atoms with Gasteiger partial charge in [-0.25, -0.2) is 9.78 Å². The first-order chi connectivity index (χ1) is 16.5. The van der Waals surface area contributed by atoms with E-state index in [1.54, 1.807) is 0 Å². The molecule has 0 saturated heterocycles. The predicted molar refractivity (Wildman–Crippen MR) is 119 cm³/mol. The van der Waals surface area contributed by atoms with Crippen molar-refractivity contribution in [3.05, 3.63) is 47.1 Å². The zero-order chi connectivity index (χ0) is 26.0. The minimum absolute atomic E-state index is 0.0134. The molecule has 0 bridgehead atoms. The minimum atomic E-state index is -4.58. The molecule has 1 aromatic carbocycles. The number of benzene rings is 1. The topological polar surface area (TPSA) is 119 Å². The molecule has 35 heavy (non-hydrogen) atoms. The molecule has 0 aliphatic carbocycles. The number of methoxy groups -OCH3 is 1. The first-order valence-corrected chi connectivity index (χ1v) is 10.8. The molecule has 2 atom stereocenters. The van der Waals surface area contributed by atoms with Crippen molar-refractivity contribution in [1.82, 2.24) is 15.6 Å². The second-order valence-electron chi connectivity index (χ2n) is 7.19. The van der Waals surface area contributed by atoms with E-state index in [0.29, 0.717) is 31.6 Å². The van der Waals surface area contributed by atoms with Crippen LogP contribution in [0.15, 0.2) is 36.5 Å². The van der Waals surface area contributed by atoms with Gasteiger partial charge in [-0.1, -0.05) is 11.6 Å². The molecule has 13 heteroatoms. The number of esters is 1. The largest absolute Gasteiger partial charge is 0.481 e. The van der Waals surface area contributed by atoms with E-state index in [4.69, 9.17) is 26.2 Å². The summed E-state index contributed by atoms with van der Waals surface area (Å²) in [5.41, 5.74) is -0.999. The van der Waals surface area contributed by atoms with Crippen LogP contribution in [0.4, 0.5) is 13.2 Å². The molecule has 1 heterocycles. The second kappa shape index (κ2) is 13.1. The highest BCUT2D eigenvalue weighted by atomic mass is 35.5. The number of carbonyl (C=O) groups is 2. The van der Waals surface area contributed by atoms with Gasteiger partial charge in [-0.2, -0.15) is 13.2 Å². The summed E-state index contributed by atoms with van der Waals surface area (Å²) >= 11 is 5.84. The van der Waals surface area contributed by atoms with Gasteiger partial charge in [0.2, 0.25) is 5.88 Å². The number of carbonyl (C=O) groups excluding carboxylic acids is 2. The van der Waals surface area contributed by atoms with Crippen molar-refractivity contribution in [2.75, 3.05) is 20.3 Å². The van der Waals surface area contributed by atoms with E-state index in [9.17, 15) is 22.8 Å². The van der Waals surface area contributed by atoms with Gasteiger partial charge in [-0.15, -0.1) is 0 Å². The molecule has 9 nitrogen and oxygen atoms in total.